The number of anilines is 1. The van der Waals surface area contributed by atoms with E-state index in [9.17, 15) is 4.79 Å². The Balaban J connectivity index is 0.00000385. The number of aromatic nitrogens is 1. The molecule has 8 heteroatoms. The molecule has 1 aliphatic heterocycles. The Morgan fingerprint density at radius 2 is 1.88 bits per heavy atom. The summed E-state index contributed by atoms with van der Waals surface area (Å²) in [6.07, 6.45) is 6.49. The fourth-order valence-corrected chi connectivity index (χ4v) is 3.81. The molecule has 2 N–H and O–H groups in total. The van der Waals surface area contributed by atoms with Gasteiger partial charge in [-0.25, -0.2) is 9.98 Å². The molecular formula is C25H37IN6O. The molecule has 2 heterocycles. The SMILES string of the molecule is CCNC(=NCc1ccnc(N2CCCCC2)c1)NCCc1cccc(C(=O)N(C)C)c1.I. The molecule has 1 fully saturated rings. The second-order valence-electron chi connectivity index (χ2n) is 8.34. The smallest absolute Gasteiger partial charge is 0.253 e. The quantitative estimate of drug-likeness (QED) is 0.291. The van der Waals surface area contributed by atoms with Crippen molar-refractivity contribution in [2.75, 3.05) is 45.2 Å². The van der Waals surface area contributed by atoms with Crippen molar-refractivity contribution in [1.82, 2.24) is 20.5 Å². The van der Waals surface area contributed by atoms with Gasteiger partial charge in [0.25, 0.3) is 5.91 Å². The van der Waals surface area contributed by atoms with Crippen molar-refractivity contribution in [2.24, 2.45) is 4.99 Å². The van der Waals surface area contributed by atoms with Crippen molar-refractivity contribution in [3.63, 3.8) is 0 Å². The molecular weight excluding hydrogens is 527 g/mol. The Labute approximate surface area is 215 Å². The molecule has 2 aromatic rings. The minimum atomic E-state index is 0. The number of carbonyl (C=O) groups excluding carboxylic acids is 1. The Hall–Kier alpha value is -2.36. The maximum Gasteiger partial charge on any atom is 0.253 e. The van der Waals surface area contributed by atoms with E-state index < -0.39 is 0 Å². The minimum Gasteiger partial charge on any atom is -0.357 e. The summed E-state index contributed by atoms with van der Waals surface area (Å²) in [4.78, 5) is 25.5. The zero-order valence-electron chi connectivity index (χ0n) is 20.0. The fourth-order valence-electron chi connectivity index (χ4n) is 3.81. The summed E-state index contributed by atoms with van der Waals surface area (Å²) >= 11 is 0. The fraction of sp³-hybridized carbons (Fsp3) is 0.480. The number of hydrogen-bond acceptors (Lipinski definition) is 4. The summed E-state index contributed by atoms with van der Waals surface area (Å²) in [5.74, 6) is 1.88. The first-order valence-corrected chi connectivity index (χ1v) is 11.6. The van der Waals surface area contributed by atoms with Crippen molar-refractivity contribution in [2.45, 2.75) is 39.2 Å². The average molecular weight is 565 g/mol. The van der Waals surface area contributed by atoms with Gasteiger partial charge in [-0.3, -0.25) is 4.79 Å². The Morgan fingerprint density at radius 1 is 1.09 bits per heavy atom. The number of nitrogens with zero attached hydrogens (tertiary/aromatic N) is 4. The van der Waals surface area contributed by atoms with Crippen molar-refractivity contribution in [3.8, 4) is 0 Å². The monoisotopic (exact) mass is 564 g/mol. The highest BCUT2D eigenvalue weighted by Gasteiger charge is 2.12. The summed E-state index contributed by atoms with van der Waals surface area (Å²) in [6.45, 7) is 6.38. The lowest BCUT2D eigenvalue weighted by molar-refractivity contribution is 0.0827. The molecule has 0 spiro atoms. The van der Waals surface area contributed by atoms with E-state index in [1.807, 2.05) is 30.5 Å². The third-order valence-corrected chi connectivity index (χ3v) is 5.54. The van der Waals surface area contributed by atoms with Crippen LogP contribution in [0.4, 0.5) is 5.82 Å². The second-order valence-corrected chi connectivity index (χ2v) is 8.34. The molecule has 0 atom stereocenters. The van der Waals surface area contributed by atoms with Gasteiger partial charge in [0.05, 0.1) is 6.54 Å². The molecule has 1 aliphatic rings. The largest absolute Gasteiger partial charge is 0.357 e. The van der Waals surface area contributed by atoms with Crippen LogP contribution in [0.25, 0.3) is 0 Å². The number of pyridine rings is 1. The third kappa shape index (κ3) is 8.49. The molecule has 0 aliphatic carbocycles. The maximum atomic E-state index is 12.2. The molecule has 1 amide bonds. The van der Waals surface area contributed by atoms with Gasteiger partial charge in [-0.15, -0.1) is 24.0 Å². The van der Waals surface area contributed by atoms with E-state index in [2.05, 4.69) is 39.6 Å². The number of rotatable bonds is 8. The molecule has 0 unspecified atom stereocenters. The van der Waals surface area contributed by atoms with Crippen LogP contribution in [0.3, 0.4) is 0 Å². The lowest BCUT2D eigenvalue weighted by Crippen LogP contribution is -2.38. The van der Waals surface area contributed by atoms with Crippen molar-refractivity contribution in [3.05, 3.63) is 59.3 Å². The Kier molecular flexibility index (Phi) is 11.4. The molecule has 33 heavy (non-hydrogen) atoms. The van der Waals surface area contributed by atoms with Gasteiger partial charge in [-0.05, 0) is 68.0 Å². The summed E-state index contributed by atoms with van der Waals surface area (Å²) < 4.78 is 0. The number of benzene rings is 1. The van der Waals surface area contributed by atoms with E-state index in [-0.39, 0.29) is 29.9 Å². The Morgan fingerprint density at radius 3 is 2.61 bits per heavy atom. The predicted molar refractivity (Wildman–Crippen MR) is 147 cm³/mol. The molecule has 1 aromatic heterocycles. The lowest BCUT2D eigenvalue weighted by Gasteiger charge is -2.27. The second kappa shape index (κ2) is 14.0. The van der Waals surface area contributed by atoms with Crippen LogP contribution in [0.1, 0.15) is 47.7 Å². The minimum absolute atomic E-state index is 0. The first-order chi connectivity index (χ1) is 15.6. The summed E-state index contributed by atoms with van der Waals surface area (Å²) in [6, 6.07) is 12.0. The molecule has 1 saturated heterocycles. The standard InChI is InChI=1S/C25H36N6O.HI/c1-4-26-25(28-14-11-20-9-8-10-22(17-20)24(32)30(2)3)29-19-21-12-13-27-23(18-21)31-15-6-5-7-16-31;/h8-10,12-13,17-18H,4-7,11,14-16,19H2,1-3H3,(H2,26,28,29);1H. The van der Waals surface area contributed by atoms with Crippen LogP contribution in [0.15, 0.2) is 47.6 Å². The maximum absolute atomic E-state index is 12.2. The van der Waals surface area contributed by atoms with Crippen LogP contribution >= 0.6 is 24.0 Å². The van der Waals surface area contributed by atoms with Crippen LogP contribution in [0.5, 0.6) is 0 Å². The number of amides is 1. The van der Waals surface area contributed by atoms with Crippen molar-refractivity contribution < 1.29 is 4.79 Å². The van der Waals surface area contributed by atoms with Gasteiger partial charge in [0.1, 0.15) is 5.82 Å². The van der Waals surface area contributed by atoms with Gasteiger partial charge in [0, 0.05) is 52.0 Å². The van der Waals surface area contributed by atoms with Crippen molar-refractivity contribution >= 4 is 41.7 Å². The summed E-state index contributed by atoms with van der Waals surface area (Å²) in [7, 11) is 3.54. The van der Waals surface area contributed by atoms with Gasteiger partial charge in [-0.2, -0.15) is 0 Å². The lowest BCUT2D eigenvalue weighted by atomic mass is 10.1. The first kappa shape index (κ1) is 26.9. The van der Waals surface area contributed by atoms with E-state index in [1.165, 1.54) is 19.3 Å². The average Bonchev–Trinajstić information content (AvgIpc) is 2.83. The third-order valence-electron chi connectivity index (χ3n) is 5.54. The van der Waals surface area contributed by atoms with Crippen molar-refractivity contribution in [1.29, 1.82) is 0 Å². The highest BCUT2D eigenvalue weighted by Crippen LogP contribution is 2.18. The number of hydrogen-bond donors (Lipinski definition) is 2. The number of halogens is 1. The molecule has 1 aromatic carbocycles. The molecule has 0 saturated carbocycles. The Bertz CT molecular complexity index is 911. The number of guanidine groups is 1. The van der Waals surface area contributed by atoms with E-state index in [0.717, 1.165) is 61.1 Å². The number of piperidine rings is 1. The highest BCUT2D eigenvalue weighted by molar-refractivity contribution is 14.0. The zero-order chi connectivity index (χ0) is 22.8. The molecule has 180 valence electrons. The highest BCUT2D eigenvalue weighted by atomic mass is 127. The predicted octanol–water partition coefficient (Wildman–Crippen LogP) is 3.69. The van der Waals surface area contributed by atoms with Gasteiger partial charge in [-0.1, -0.05) is 12.1 Å². The topological polar surface area (TPSA) is 72.9 Å². The number of carbonyl (C=O) groups is 1. The van der Waals surface area contributed by atoms with E-state index in [1.54, 1.807) is 19.0 Å². The van der Waals surface area contributed by atoms with Crippen LogP contribution in [-0.4, -0.2) is 62.0 Å². The van der Waals surface area contributed by atoms with E-state index in [0.29, 0.717) is 6.54 Å². The molecule has 3 rings (SSSR count). The van der Waals surface area contributed by atoms with Gasteiger partial charge in [0.2, 0.25) is 0 Å². The van der Waals surface area contributed by atoms with Gasteiger partial charge >= 0.3 is 0 Å². The summed E-state index contributed by atoms with van der Waals surface area (Å²) in [5, 5.41) is 6.72. The van der Waals surface area contributed by atoms with Gasteiger partial charge in [0.15, 0.2) is 5.96 Å². The van der Waals surface area contributed by atoms with Crippen LogP contribution in [0, 0.1) is 0 Å². The van der Waals surface area contributed by atoms with E-state index in [4.69, 9.17) is 4.99 Å². The molecule has 0 radical (unpaired) electrons. The van der Waals surface area contributed by atoms with Gasteiger partial charge < -0.3 is 20.4 Å². The van der Waals surface area contributed by atoms with Crippen LogP contribution in [-0.2, 0) is 13.0 Å². The first-order valence-electron chi connectivity index (χ1n) is 11.6. The van der Waals surface area contributed by atoms with Crippen LogP contribution in [0.2, 0.25) is 0 Å². The molecule has 7 nitrogen and oxygen atoms in total. The number of aliphatic imine (C=N–C) groups is 1. The van der Waals surface area contributed by atoms with Crippen LogP contribution < -0.4 is 15.5 Å². The number of nitrogens with one attached hydrogen (secondary N) is 2. The zero-order valence-corrected chi connectivity index (χ0v) is 22.3. The normalized spacial score (nSPS) is 13.8. The van der Waals surface area contributed by atoms with E-state index >= 15 is 0 Å². The summed E-state index contributed by atoms with van der Waals surface area (Å²) in [5.41, 5.74) is 3.00. The molecule has 0 bridgehead atoms.